The summed E-state index contributed by atoms with van der Waals surface area (Å²) < 4.78 is 7.08. The van der Waals surface area contributed by atoms with Crippen molar-refractivity contribution < 1.29 is 9.53 Å². The minimum atomic E-state index is -0.608. The molecule has 0 aromatic carbocycles. The molecule has 1 saturated heterocycles. The maximum atomic E-state index is 12.8. The maximum Gasteiger partial charge on any atom is 0.256 e. The number of hydrogen-bond donors (Lipinski definition) is 0. The van der Waals surface area contributed by atoms with Crippen molar-refractivity contribution in [3.8, 4) is 0 Å². The molecule has 0 bridgehead atoms. The number of ether oxygens (including phenoxy) is 1. The fraction of sp³-hybridized carbons (Fsp3) is 0.500. The quantitative estimate of drug-likeness (QED) is 0.815. The summed E-state index contributed by atoms with van der Waals surface area (Å²) in [6.45, 7) is 4.68. The normalized spacial score (nSPS) is 16.3. The van der Waals surface area contributed by atoms with Crippen molar-refractivity contribution in [1.82, 2.24) is 24.6 Å². The Bertz CT molecular complexity index is 708. The Morgan fingerprint density at radius 1 is 1.21 bits per heavy atom. The highest BCUT2D eigenvalue weighted by Gasteiger charge is 2.30. The number of amides is 1. The molecular formula is C16H22N6O2. The van der Waals surface area contributed by atoms with Gasteiger partial charge in [-0.2, -0.15) is 5.10 Å². The summed E-state index contributed by atoms with van der Waals surface area (Å²) >= 11 is 0. The first-order chi connectivity index (χ1) is 11.6. The molecule has 2 aromatic heterocycles. The van der Waals surface area contributed by atoms with E-state index in [0.717, 1.165) is 30.2 Å². The van der Waals surface area contributed by atoms with Gasteiger partial charge >= 0.3 is 0 Å². The molecule has 8 nitrogen and oxygen atoms in total. The Hall–Kier alpha value is -2.48. The zero-order valence-corrected chi connectivity index (χ0v) is 14.2. The van der Waals surface area contributed by atoms with E-state index in [9.17, 15) is 4.79 Å². The van der Waals surface area contributed by atoms with E-state index in [-0.39, 0.29) is 5.91 Å². The zero-order valence-electron chi connectivity index (χ0n) is 14.2. The molecule has 2 aromatic rings. The van der Waals surface area contributed by atoms with Crippen LogP contribution in [0.2, 0.25) is 0 Å². The summed E-state index contributed by atoms with van der Waals surface area (Å²) in [5.74, 6) is 0.862. The van der Waals surface area contributed by atoms with Crippen molar-refractivity contribution in [2.45, 2.75) is 13.0 Å². The fourth-order valence-electron chi connectivity index (χ4n) is 2.97. The predicted molar refractivity (Wildman–Crippen MR) is 88.5 cm³/mol. The van der Waals surface area contributed by atoms with Gasteiger partial charge in [-0.3, -0.25) is 14.5 Å². The first-order valence-electron chi connectivity index (χ1n) is 7.93. The van der Waals surface area contributed by atoms with Gasteiger partial charge in [0.15, 0.2) is 6.10 Å². The molecule has 24 heavy (non-hydrogen) atoms. The summed E-state index contributed by atoms with van der Waals surface area (Å²) in [6.07, 6.45) is 6.26. The van der Waals surface area contributed by atoms with Gasteiger partial charge in [-0.05, 0) is 6.92 Å². The van der Waals surface area contributed by atoms with Crippen LogP contribution in [0.4, 0.5) is 5.82 Å². The average molecular weight is 330 g/mol. The monoisotopic (exact) mass is 330 g/mol. The van der Waals surface area contributed by atoms with Gasteiger partial charge in [0.05, 0.1) is 11.9 Å². The van der Waals surface area contributed by atoms with Gasteiger partial charge in [0, 0.05) is 64.5 Å². The number of nitrogens with zero attached hydrogens (tertiary/aromatic N) is 6. The molecule has 1 aliphatic rings. The Morgan fingerprint density at radius 3 is 2.50 bits per heavy atom. The van der Waals surface area contributed by atoms with Crippen LogP contribution in [0, 0.1) is 6.92 Å². The van der Waals surface area contributed by atoms with E-state index in [1.807, 2.05) is 25.1 Å². The van der Waals surface area contributed by atoms with Crippen molar-refractivity contribution in [2.24, 2.45) is 7.05 Å². The van der Waals surface area contributed by atoms with Crippen LogP contribution in [-0.2, 0) is 16.6 Å². The molecule has 1 amide bonds. The van der Waals surface area contributed by atoms with Crippen molar-refractivity contribution in [1.29, 1.82) is 0 Å². The molecule has 0 N–H and O–H groups in total. The predicted octanol–water partition coefficient (Wildman–Crippen LogP) is 0.555. The highest BCUT2D eigenvalue weighted by molar-refractivity contribution is 5.82. The molecule has 1 atom stereocenters. The van der Waals surface area contributed by atoms with Gasteiger partial charge in [-0.1, -0.05) is 0 Å². The number of carbonyl (C=O) groups is 1. The molecule has 0 aliphatic carbocycles. The molecule has 1 unspecified atom stereocenters. The van der Waals surface area contributed by atoms with E-state index in [0.29, 0.717) is 13.1 Å². The Kier molecular flexibility index (Phi) is 4.75. The molecular weight excluding hydrogens is 308 g/mol. The number of aromatic nitrogens is 4. The van der Waals surface area contributed by atoms with Gasteiger partial charge < -0.3 is 14.5 Å². The lowest BCUT2D eigenvalue weighted by molar-refractivity contribution is -0.142. The minimum absolute atomic E-state index is 0.0268. The first-order valence-corrected chi connectivity index (χ1v) is 7.93. The molecule has 0 radical (unpaired) electrons. The summed E-state index contributed by atoms with van der Waals surface area (Å²) in [6, 6.07) is 0. The third-order valence-electron chi connectivity index (χ3n) is 4.23. The second-order valence-corrected chi connectivity index (χ2v) is 5.84. The fourth-order valence-corrected chi connectivity index (χ4v) is 2.97. The summed E-state index contributed by atoms with van der Waals surface area (Å²) in [5.41, 5.74) is 1.68. The Balaban J connectivity index is 1.65. The summed E-state index contributed by atoms with van der Waals surface area (Å²) in [7, 11) is 3.37. The number of aryl methyl sites for hydroxylation is 2. The van der Waals surface area contributed by atoms with Crippen LogP contribution in [0.5, 0.6) is 0 Å². The van der Waals surface area contributed by atoms with E-state index >= 15 is 0 Å². The average Bonchev–Trinajstić information content (AvgIpc) is 3.02. The molecule has 8 heteroatoms. The smallest absolute Gasteiger partial charge is 0.256 e. The number of methoxy groups -OCH3 is 1. The molecule has 128 valence electrons. The second-order valence-electron chi connectivity index (χ2n) is 5.84. The number of anilines is 1. The van der Waals surface area contributed by atoms with Gasteiger partial charge in [-0.15, -0.1) is 0 Å². The number of piperazine rings is 1. The Morgan fingerprint density at radius 2 is 1.92 bits per heavy atom. The van der Waals surface area contributed by atoms with Crippen molar-refractivity contribution in [2.75, 3.05) is 38.2 Å². The molecule has 1 fully saturated rings. The highest BCUT2D eigenvalue weighted by Crippen LogP contribution is 2.21. The SMILES string of the molecule is COC(C(=O)N1CCN(c2nccnc2C)CC1)c1cnn(C)c1. The van der Waals surface area contributed by atoms with Crippen LogP contribution in [0.1, 0.15) is 17.4 Å². The third kappa shape index (κ3) is 3.23. The van der Waals surface area contributed by atoms with E-state index in [2.05, 4.69) is 20.0 Å². The van der Waals surface area contributed by atoms with E-state index in [1.165, 1.54) is 0 Å². The van der Waals surface area contributed by atoms with Crippen LogP contribution in [0.3, 0.4) is 0 Å². The van der Waals surface area contributed by atoms with Crippen LogP contribution in [0.25, 0.3) is 0 Å². The standard InChI is InChI=1S/C16H22N6O2/c1-12-15(18-5-4-17-12)21-6-8-22(9-7-21)16(23)14(24-3)13-10-19-20(2)11-13/h4-5,10-11,14H,6-9H2,1-3H3. The topological polar surface area (TPSA) is 76.4 Å². The van der Waals surface area contributed by atoms with E-state index < -0.39 is 6.10 Å². The molecule has 0 saturated carbocycles. The molecule has 1 aliphatic heterocycles. The lowest BCUT2D eigenvalue weighted by atomic mass is 10.1. The number of hydrogen-bond acceptors (Lipinski definition) is 6. The largest absolute Gasteiger partial charge is 0.367 e. The highest BCUT2D eigenvalue weighted by atomic mass is 16.5. The van der Waals surface area contributed by atoms with Gasteiger partial charge in [0.2, 0.25) is 0 Å². The zero-order chi connectivity index (χ0) is 17.1. The van der Waals surface area contributed by atoms with Gasteiger partial charge in [0.25, 0.3) is 5.91 Å². The molecule has 3 heterocycles. The number of rotatable bonds is 4. The van der Waals surface area contributed by atoms with Crippen molar-refractivity contribution >= 4 is 11.7 Å². The van der Waals surface area contributed by atoms with Crippen LogP contribution >= 0.6 is 0 Å². The van der Waals surface area contributed by atoms with Crippen molar-refractivity contribution in [3.05, 3.63) is 36.0 Å². The molecule has 0 spiro atoms. The summed E-state index contributed by atoms with van der Waals surface area (Å²) in [5, 5.41) is 4.12. The van der Waals surface area contributed by atoms with Crippen molar-refractivity contribution in [3.63, 3.8) is 0 Å². The second kappa shape index (κ2) is 6.96. The van der Waals surface area contributed by atoms with Crippen LogP contribution in [0.15, 0.2) is 24.8 Å². The summed E-state index contributed by atoms with van der Waals surface area (Å²) in [4.78, 5) is 25.4. The maximum absolute atomic E-state index is 12.8. The van der Waals surface area contributed by atoms with E-state index in [1.54, 1.807) is 30.4 Å². The third-order valence-corrected chi connectivity index (χ3v) is 4.23. The number of carbonyl (C=O) groups excluding carboxylic acids is 1. The van der Waals surface area contributed by atoms with Gasteiger partial charge in [-0.25, -0.2) is 4.98 Å². The van der Waals surface area contributed by atoms with E-state index in [4.69, 9.17) is 4.74 Å². The molecule has 3 rings (SSSR count). The van der Waals surface area contributed by atoms with Crippen LogP contribution in [-0.4, -0.2) is 63.8 Å². The lowest BCUT2D eigenvalue weighted by Gasteiger charge is -2.36. The van der Waals surface area contributed by atoms with Gasteiger partial charge in [0.1, 0.15) is 5.82 Å². The first kappa shape index (κ1) is 16.4. The minimum Gasteiger partial charge on any atom is -0.367 e. The lowest BCUT2D eigenvalue weighted by Crippen LogP contribution is -2.50. The van der Waals surface area contributed by atoms with Crippen LogP contribution < -0.4 is 4.90 Å². The Labute approximate surface area is 141 Å².